The van der Waals surface area contributed by atoms with Gasteiger partial charge in [0, 0.05) is 22.3 Å². The number of rotatable bonds is 7. The summed E-state index contributed by atoms with van der Waals surface area (Å²) < 4.78 is 49.1. The van der Waals surface area contributed by atoms with E-state index in [9.17, 15) is 0 Å². The van der Waals surface area contributed by atoms with E-state index in [0.717, 1.165) is 50.1 Å². The first-order valence-electron chi connectivity index (χ1n) is 21.9. The van der Waals surface area contributed by atoms with Crippen molar-refractivity contribution < 1.29 is 11.3 Å². The minimum atomic E-state index is -0.432. The number of benzene rings is 10. The van der Waals surface area contributed by atoms with Gasteiger partial charge in [-0.15, -0.1) is 0 Å². The SMILES string of the molecule is [2H]c1c([2H])c([2H])c(-c2cccc3c2oc2cccc(N(c4ccc(-c5ccc(-c6cccc7ccccc67)cc5)cc4)c4ccc(-c5cccc6ccccc56)cc4)c23)c([2H])c1[2H]. The first-order chi connectivity index (χ1) is 30.8. The van der Waals surface area contributed by atoms with E-state index in [0.29, 0.717) is 16.7 Å². The molecule has 0 aliphatic rings. The van der Waals surface area contributed by atoms with Crippen molar-refractivity contribution in [3.8, 4) is 44.5 Å². The lowest BCUT2D eigenvalue weighted by molar-refractivity contribution is 0.670. The first kappa shape index (κ1) is 28.7. The number of hydrogen-bond acceptors (Lipinski definition) is 2. The molecule has 0 amide bonds. The van der Waals surface area contributed by atoms with Gasteiger partial charge in [-0.05, 0) is 96.9 Å². The van der Waals surface area contributed by atoms with Crippen molar-refractivity contribution in [3.63, 3.8) is 0 Å². The zero-order chi connectivity index (χ0) is 42.8. The molecule has 0 spiro atoms. The van der Waals surface area contributed by atoms with Gasteiger partial charge in [0.1, 0.15) is 11.2 Å². The standard InChI is InChI=1S/C56H37NO/c1-2-12-42(13-3-1)51-22-10-23-52-55-53(24-11-25-54(55)58-56(51)52)57(46-36-32-44(33-37-46)50-21-9-17-41-15-5-7-19-48(41)50)45-34-30-39(31-35-45)38-26-28-43(29-27-38)49-20-8-16-40-14-4-6-18-47(40)49/h1-37H/i1D,2D,3D,12D,13D. The average Bonchev–Trinajstić information content (AvgIpc) is 3.73. The Bertz CT molecular complexity index is 3520. The summed E-state index contributed by atoms with van der Waals surface area (Å²) in [5.41, 5.74) is 11.2. The van der Waals surface area contributed by atoms with Gasteiger partial charge in [-0.2, -0.15) is 0 Å². The van der Waals surface area contributed by atoms with Gasteiger partial charge in [0.15, 0.2) is 0 Å². The van der Waals surface area contributed by atoms with Crippen LogP contribution in [-0.4, -0.2) is 0 Å². The Labute approximate surface area is 344 Å². The van der Waals surface area contributed by atoms with Crippen molar-refractivity contribution in [3.05, 3.63) is 224 Å². The fourth-order valence-electron chi connectivity index (χ4n) is 8.41. The lowest BCUT2D eigenvalue weighted by Gasteiger charge is -2.26. The van der Waals surface area contributed by atoms with Crippen LogP contribution < -0.4 is 4.90 Å². The lowest BCUT2D eigenvalue weighted by Crippen LogP contribution is -2.10. The van der Waals surface area contributed by atoms with E-state index in [4.69, 9.17) is 11.3 Å². The van der Waals surface area contributed by atoms with E-state index in [1.54, 1.807) is 6.07 Å². The first-order valence-corrected chi connectivity index (χ1v) is 19.4. The summed E-state index contributed by atoms with van der Waals surface area (Å²) in [4.78, 5) is 2.23. The molecule has 0 radical (unpaired) electrons. The molecule has 10 aromatic carbocycles. The number of furan rings is 1. The molecular formula is C56H37NO. The van der Waals surface area contributed by atoms with Crippen LogP contribution in [0, 0.1) is 0 Å². The van der Waals surface area contributed by atoms with Crippen LogP contribution in [-0.2, 0) is 0 Å². The minimum Gasteiger partial charge on any atom is -0.455 e. The molecule has 0 aliphatic carbocycles. The van der Waals surface area contributed by atoms with Crippen molar-refractivity contribution in [2.24, 2.45) is 0 Å². The van der Waals surface area contributed by atoms with E-state index >= 15 is 0 Å². The molecule has 1 aromatic heterocycles. The molecule has 58 heavy (non-hydrogen) atoms. The normalized spacial score (nSPS) is 12.7. The summed E-state index contributed by atoms with van der Waals surface area (Å²) in [6.07, 6.45) is 0. The highest BCUT2D eigenvalue weighted by Crippen LogP contribution is 2.45. The highest BCUT2D eigenvalue weighted by Gasteiger charge is 2.21. The molecule has 0 atom stereocenters. The van der Waals surface area contributed by atoms with Crippen LogP contribution in [0.3, 0.4) is 0 Å². The molecule has 11 rings (SSSR count). The number of nitrogens with zero attached hydrogens (tertiary/aromatic N) is 1. The second-order valence-electron chi connectivity index (χ2n) is 14.5. The van der Waals surface area contributed by atoms with E-state index in [-0.39, 0.29) is 29.7 Å². The van der Waals surface area contributed by atoms with Gasteiger partial charge in [-0.3, -0.25) is 0 Å². The predicted molar refractivity (Wildman–Crippen MR) is 245 cm³/mol. The van der Waals surface area contributed by atoms with Crippen molar-refractivity contribution in [1.82, 2.24) is 0 Å². The minimum absolute atomic E-state index is 0.105. The number of hydrogen-bond donors (Lipinski definition) is 0. The maximum absolute atomic E-state index is 8.78. The molecule has 0 unspecified atom stereocenters. The molecule has 2 nitrogen and oxygen atoms in total. The van der Waals surface area contributed by atoms with Gasteiger partial charge >= 0.3 is 0 Å². The molecule has 2 heteroatoms. The Morgan fingerprint density at radius 1 is 0.362 bits per heavy atom. The smallest absolute Gasteiger partial charge is 0.143 e. The van der Waals surface area contributed by atoms with E-state index in [1.807, 2.05) is 24.3 Å². The Balaban J connectivity index is 1.04. The molecule has 272 valence electrons. The predicted octanol–water partition coefficient (Wildman–Crippen LogP) is 16.0. The summed E-state index contributed by atoms with van der Waals surface area (Å²) >= 11 is 0. The summed E-state index contributed by atoms with van der Waals surface area (Å²) in [5.74, 6) is 0. The number of para-hydroxylation sites is 1. The summed E-state index contributed by atoms with van der Waals surface area (Å²) in [7, 11) is 0. The molecule has 0 aliphatic heterocycles. The van der Waals surface area contributed by atoms with Crippen LogP contribution in [0.1, 0.15) is 6.85 Å². The van der Waals surface area contributed by atoms with Gasteiger partial charge < -0.3 is 9.32 Å². The molecule has 0 saturated heterocycles. The van der Waals surface area contributed by atoms with Crippen LogP contribution in [0.4, 0.5) is 17.1 Å². The third-order valence-electron chi connectivity index (χ3n) is 11.2. The average molecular weight is 745 g/mol. The van der Waals surface area contributed by atoms with Crippen LogP contribution in [0.5, 0.6) is 0 Å². The molecule has 11 aromatic rings. The summed E-state index contributed by atoms with van der Waals surface area (Å²) in [5, 5.41) is 6.43. The number of anilines is 3. The zero-order valence-electron chi connectivity index (χ0n) is 36.3. The molecule has 0 bridgehead atoms. The zero-order valence-corrected chi connectivity index (χ0v) is 31.3. The van der Waals surface area contributed by atoms with Gasteiger partial charge in [0.25, 0.3) is 0 Å². The summed E-state index contributed by atoms with van der Waals surface area (Å²) in [6, 6.07) is 65.5. The third-order valence-corrected chi connectivity index (χ3v) is 11.2. The third kappa shape index (κ3) is 5.82. The Kier molecular flexibility index (Phi) is 6.98. The highest BCUT2D eigenvalue weighted by molar-refractivity contribution is 6.16. The quantitative estimate of drug-likeness (QED) is 0.162. The largest absolute Gasteiger partial charge is 0.455 e. The van der Waals surface area contributed by atoms with Crippen molar-refractivity contribution in [1.29, 1.82) is 0 Å². The van der Waals surface area contributed by atoms with E-state index in [2.05, 4.69) is 169 Å². The fraction of sp³-hybridized carbons (Fsp3) is 0. The van der Waals surface area contributed by atoms with Crippen LogP contribution in [0.15, 0.2) is 229 Å². The van der Waals surface area contributed by atoms with E-state index < -0.39 is 6.04 Å². The maximum atomic E-state index is 8.78. The second-order valence-corrected chi connectivity index (χ2v) is 14.5. The number of fused-ring (bicyclic) bond motifs is 5. The van der Waals surface area contributed by atoms with E-state index in [1.165, 1.54) is 32.7 Å². The van der Waals surface area contributed by atoms with Gasteiger partial charge in [-0.1, -0.05) is 188 Å². The van der Waals surface area contributed by atoms with Gasteiger partial charge in [0.05, 0.1) is 17.9 Å². The Morgan fingerprint density at radius 2 is 0.828 bits per heavy atom. The Hall–Kier alpha value is -7.68. The monoisotopic (exact) mass is 744 g/mol. The fourth-order valence-corrected chi connectivity index (χ4v) is 8.41. The van der Waals surface area contributed by atoms with Crippen LogP contribution >= 0.6 is 0 Å². The van der Waals surface area contributed by atoms with Crippen LogP contribution in [0.2, 0.25) is 0 Å². The van der Waals surface area contributed by atoms with Crippen LogP contribution in [0.25, 0.3) is 88.0 Å². The molecule has 1 heterocycles. The maximum Gasteiger partial charge on any atom is 0.143 e. The molecule has 0 fully saturated rings. The van der Waals surface area contributed by atoms with Crippen molar-refractivity contribution in [2.45, 2.75) is 0 Å². The topological polar surface area (TPSA) is 16.4 Å². The van der Waals surface area contributed by atoms with Crippen molar-refractivity contribution >= 4 is 60.5 Å². The Morgan fingerprint density at radius 3 is 1.45 bits per heavy atom. The lowest BCUT2D eigenvalue weighted by atomic mass is 9.96. The summed E-state index contributed by atoms with van der Waals surface area (Å²) in [6.45, 7) is 0. The van der Waals surface area contributed by atoms with Gasteiger partial charge in [-0.25, -0.2) is 0 Å². The van der Waals surface area contributed by atoms with Gasteiger partial charge in [0.2, 0.25) is 0 Å². The molecular weight excluding hydrogens is 703 g/mol. The second kappa shape index (κ2) is 14.1. The molecule has 0 saturated carbocycles. The van der Waals surface area contributed by atoms with Crippen molar-refractivity contribution in [2.75, 3.05) is 4.90 Å². The highest BCUT2D eigenvalue weighted by atomic mass is 16.3. The molecule has 0 N–H and O–H groups in total.